The lowest BCUT2D eigenvalue weighted by molar-refractivity contribution is -0.105. The number of nitrogens with one attached hydrogen (secondary N) is 1. The van der Waals surface area contributed by atoms with E-state index in [1.165, 1.54) is 0 Å². The van der Waals surface area contributed by atoms with Gasteiger partial charge >= 0.3 is 0 Å². The van der Waals surface area contributed by atoms with Gasteiger partial charge in [0.2, 0.25) is 0 Å². The molecular weight excluding hydrogens is 292 g/mol. The van der Waals surface area contributed by atoms with Crippen LogP contribution in [0.3, 0.4) is 0 Å². The number of rotatable bonds is 3. The topological polar surface area (TPSA) is 75.1 Å². The van der Waals surface area contributed by atoms with Crippen LogP contribution in [0.2, 0.25) is 0 Å². The Morgan fingerprint density at radius 3 is 2.74 bits per heavy atom. The summed E-state index contributed by atoms with van der Waals surface area (Å²) in [5.74, 6) is 0.723. The van der Waals surface area contributed by atoms with Crippen molar-refractivity contribution in [2.45, 2.75) is 32.5 Å². The fourth-order valence-corrected chi connectivity index (χ4v) is 2.70. The number of H-pyrrole nitrogens is 1. The van der Waals surface area contributed by atoms with Gasteiger partial charge < -0.3 is 14.5 Å². The molecule has 0 bridgehead atoms. The summed E-state index contributed by atoms with van der Waals surface area (Å²) < 4.78 is 11.3. The number of nitriles is 1. The predicted molar refractivity (Wildman–Crippen MR) is 86.2 cm³/mol. The number of hydrogen-bond acceptors (Lipinski definition) is 4. The number of benzene rings is 1. The Morgan fingerprint density at radius 1 is 1.30 bits per heavy atom. The highest BCUT2D eigenvalue weighted by Crippen LogP contribution is 2.26. The number of nitrogens with zero attached hydrogens (tertiary/aromatic N) is 1. The third kappa shape index (κ3) is 3.43. The highest BCUT2D eigenvalue weighted by atomic mass is 16.7. The van der Waals surface area contributed by atoms with Crippen molar-refractivity contribution in [3.63, 3.8) is 0 Å². The van der Waals surface area contributed by atoms with Gasteiger partial charge in [0.05, 0.1) is 6.61 Å². The summed E-state index contributed by atoms with van der Waals surface area (Å²) in [5.41, 5.74) is 1.93. The standard InChI is InChI=1S/C18H18N2O3/c1-12-10-15(16(11-19)18(21)20-12)13-5-7-14(8-6-13)23-17-4-2-3-9-22-17/h5-8,10,17H,2-4,9H2,1H3,(H,20,21). The lowest BCUT2D eigenvalue weighted by atomic mass is 10.0. The molecule has 1 aromatic heterocycles. The molecule has 3 rings (SSSR count). The maximum Gasteiger partial charge on any atom is 0.266 e. The van der Waals surface area contributed by atoms with Crippen LogP contribution in [-0.4, -0.2) is 17.9 Å². The van der Waals surface area contributed by atoms with Gasteiger partial charge in [0.25, 0.3) is 5.56 Å². The van der Waals surface area contributed by atoms with Gasteiger partial charge in [-0.3, -0.25) is 4.79 Å². The van der Waals surface area contributed by atoms with E-state index >= 15 is 0 Å². The van der Waals surface area contributed by atoms with Gasteiger partial charge in [0.15, 0.2) is 6.29 Å². The third-order valence-electron chi connectivity index (χ3n) is 3.85. The molecule has 0 spiro atoms. The first-order chi connectivity index (χ1) is 11.2. The van der Waals surface area contributed by atoms with Crippen LogP contribution in [-0.2, 0) is 4.74 Å². The Morgan fingerprint density at radius 2 is 2.09 bits per heavy atom. The van der Waals surface area contributed by atoms with Crippen molar-refractivity contribution in [1.29, 1.82) is 5.26 Å². The molecule has 1 aromatic carbocycles. The molecule has 0 radical (unpaired) electrons. The van der Waals surface area contributed by atoms with Crippen LogP contribution in [0.1, 0.15) is 30.5 Å². The molecule has 118 valence electrons. The van der Waals surface area contributed by atoms with Crippen LogP contribution in [0.5, 0.6) is 5.75 Å². The summed E-state index contributed by atoms with van der Waals surface area (Å²) in [4.78, 5) is 14.5. The molecule has 1 fully saturated rings. The normalized spacial score (nSPS) is 17.5. The molecule has 23 heavy (non-hydrogen) atoms. The number of aryl methyl sites for hydroxylation is 1. The van der Waals surface area contributed by atoms with Crippen molar-refractivity contribution in [3.05, 3.63) is 51.9 Å². The van der Waals surface area contributed by atoms with Gasteiger partial charge in [-0.05, 0) is 43.5 Å². The van der Waals surface area contributed by atoms with E-state index in [0.29, 0.717) is 5.56 Å². The van der Waals surface area contributed by atoms with Crippen molar-refractivity contribution in [3.8, 4) is 22.9 Å². The first kappa shape index (κ1) is 15.3. The molecule has 1 N–H and O–H groups in total. The average Bonchev–Trinajstić information content (AvgIpc) is 2.56. The SMILES string of the molecule is Cc1cc(-c2ccc(OC3CCCCO3)cc2)c(C#N)c(=O)[nH]1. The van der Waals surface area contributed by atoms with E-state index in [1.54, 1.807) is 13.0 Å². The monoisotopic (exact) mass is 310 g/mol. The van der Waals surface area contributed by atoms with E-state index in [9.17, 15) is 10.1 Å². The molecule has 5 nitrogen and oxygen atoms in total. The van der Waals surface area contributed by atoms with E-state index in [1.807, 2.05) is 30.3 Å². The number of aromatic amines is 1. The Kier molecular flexibility index (Phi) is 4.45. The zero-order chi connectivity index (χ0) is 16.2. The Labute approximate surface area is 134 Å². The molecule has 1 aliphatic rings. The fraction of sp³-hybridized carbons (Fsp3) is 0.333. The Balaban J connectivity index is 1.85. The molecule has 1 aliphatic heterocycles. The Hall–Kier alpha value is -2.58. The van der Waals surface area contributed by atoms with Crippen molar-refractivity contribution in [2.24, 2.45) is 0 Å². The summed E-state index contributed by atoms with van der Waals surface area (Å²) >= 11 is 0. The summed E-state index contributed by atoms with van der Waals surface area (Å²) in [6, 6.07) is 11.2. The number of ether oxygens (including phenoxy) is 2. The minimum atomic E-state index is -0.363. The van der Waals surface area contributed by atoms with E-state index in [-0.39, 0.29) is 17.4 Å². The van der Waals surface area contributed by atoms with E-state index in [0.717, 1.165) is 42.9 Å². The maximum absolute atomic E-state index is 11.9. The zero-order valence-corrected chi connectivity index (χ0v) is 13.0. The number of aromatic nitrogens is 1. The average molecular weight is 310 g/mol. The van der Waals surface area contributed by atoms with Crippen LogP contribution in [0.15, 0.2) is 35.1 Å². The molecule has 0 aliphatic carbocycles. The largest absolute Gasteiger partial charge is 0.465 e. The molecule has 1 unspecified atom stereocenters. The van der Waals surface area contributed by atoms with Crippen LogP contribution < -0.4 is 10.3 Å². The van der Waals surface area contributed by atoms with Crippen LogP contribution in [0, 0.1) is 18.3 Å². The van der Waals surface area contributed by atoms with Crippen molar-refractivity contribution >= 4 is 0 Å². The van der Waals surface area contributed by atoms with Gasteiger partial charge in [-0.2, -0.15) is 5.26 Å². The molecule has 2 heterocycles. The zero-order valence-electron chi connectivity index (χ0n) is 13.0. The molecule has 5 heteroatoms. The lowest BCUT2D eigenvalue weighted by Gasteiger charge is -2.23. The van der Waals surface area contributed by atoms with E-state index in [4.69, 9.17) is 9.47 Å². The van der Waals surface area contributed by atoms with Gasteiger partial charge in [0.1, 0.15) is 17.4 Å². The highest BCUT2D eigenvalue weighted by Gasteiger charge is 2.15. The smallest absolute Gasteiger partial charge is 0.266 e. The lowest BCUT2D eigenvalue weighted by Crippen LogP contribution is -2.24. The van der Waals surface area contributed by atoms with Crippen LogP contribution in [0.25, 0.3) is 11.1 Å². The summed E-state index contributed by atoms with van der Waals surface area (Å²) in [5, 5.41) is 9.21. The minimum absolute atomic E-state index is 0.125. The van der Waals surface area contributed by atoms with Crippen molar-refractivity contribution in [2.75, 3.05) is 6.61 Å². The highest BCUT2D eigenvalue weighted by molar-refractivity contribution is 5.70. The molecule has 0 saturated carbocycles. The van der Waals surface area contributed by atoms with Gasteiger partial charge in [-0.25, -0.2) is 0 Å². The molecule has 0 amide bonds. The molecule has 2 aromatic rings. The maximum atomic E-state index is 11.9. The quantitative estimate of drug-likeness (QED) is 0.945. The second-order valence-corrected chi connectivity index (χ2v) is 5.62. The second kappa shape index (κ2) is 6.67. The number of pyridine rings is 1. The second-order valence-electron chi connectivity index (χ2n) is 5.62. The van der Waals surface area contributed by atoms with Gasteiger partial charge in [-0.15, -0.1) is 0 Å². The first-order valence-electron chi connectivity index (χ1n) is 7.70. The van der Waals surface area contributed by atoms with E-state index < -0.39 is 0 Å². The molecular formula is C18H18N2O3. The predicted octanol–water partition coefficient (Wildman–Crippen LogP) is 3.13. The van der Waals surface area contributed by atoms with Crippen molar-refractivity contribution < 1.29 is 9.47 Å². The summed E-state index contributed by atoms with van der Waals surface area (Å²) in [7, 11) is 0. The van der Waals surface area contributed by atoms with Crippen LogP contribution >= 0.6 is 0 Å². The summed E-state index contributed by atoms with van der Waals surface area (Å²) in [6.07, 6.45) is 2.90. The third-order valence-corrected chi connectivity index (χ3v) is 3.85. The first-order valence-corrected chi connectivity index (χ1v) is 7.70. The molecule has 1 saturated heterocycles. The van der Waals surface area contributed by atoms with Gasteiger partial charge in [-0.1, -0.05) is 12.1 Å². The van der Waals surface area contributed by atoms with Crippen LogP contribution in [0.4, 0.5) is 0 Å². The number of hydrogen-bond donors (Lipinski definition) is 1. The minimum Gasteiger partial charge on any atom is -0.465 e. The van der Waals surface area contributed by atoms with Gasteiger partial charge in [0, 0.05) is 17.7 Å². The van der Waals surface area contributed by atoms with Crippen molar-refractivity contribution in [1.82, 2.24) is 4.98 Å². The Bertz CT molecular complexity index is 781. The summed E-state index contributed by atoms with van der Waals surface area (Å²) in [6.45, 7) is 2.53. The molecule has 1 atom stereocenters. The van der Waals surface area contributed by atoms with E-state index in [2.05, 4.69) is 4.98 Å². The fourth-order valence-electron chi connectivity index (χ4n) is 2.70.